The fourth-order valence-corrected chi connectivity index (χ4v) is 5.86. The zero-order valence-electron chi connectivity index (χ0n) is 22.1. The van der Waals surface area contributed by atoms with Crippen molar-refractivity contribution in [1.82, 2.24) is 4.98 Å². The first-order chi connectivity index (χ1) is 19.9. The highest BCUT2D eigenvalue weighted by molar-refractivity contribution is 7.22. The van der Waals surface area contributed by atoms with Crippen molar-refractivity contribution in [3.63, 3.8) is 0 Å². The Labute approximate surface area is 238 Å². The van der Waals surface area contributed by atoms with Gasteiger partial charge in [-0.1, -0.05) is 48.3 Å². The molecule has 10 heteroatoms. The van der Waals surface area contributed by atoms with Crippen LogP contribution in [0.4, 0.5) is 5.13 Å². The van der Waals surface area contributed by atoms with Gasteiger partial charge in [0.2, 0.25) is 5.78 Å². The largest absolute Gasteiger partial charge is 0.503 e. The summed E-state index contributed by atoms with van der Waals surface area (Å²) in [5.74, 6) is -0.508. The first-order valence-electron chi connectivity index (χ1n) is 12.6. The van der Waals surface area contributed by atoms with Gasteiger partial charge in [0, 0.05) is 5.39 Å². The Kier molecular flexibility index (Phi) is 6.68. The second kappa shape index (κ2) is 10.5. The summed E-state index contributed by atoms with van der Waals surface area (Å²) < 4.78 is 23.1. The van der Waals surface area contributed by atoms with Crippen molar-refractivity contribution in [2.75, 3.05) is 25.7 Å². The monoisotopic (exact) mass is 568 g/mol. The van der Waals surface area contributed by atoms with E-state index in [1.807, 2.05) is 6.07 Å². The Balaban J connectivity index is 1.50. The van der Waals surface area contributed by atoms with Crippen LogP contribution in [0, 0.1) is 0 Å². The molecule has 1 aliphatic heterocycles. The normalized spacial score (nSPS) is 15.1. The molecule has 3 aromatic carbocycles. The molecule has 0 aliphatic carbocycles. The van der Waals surface area contributed by atoms with Crippen LogP contribution >= 0.6 is 11.3 Å². The lowest BCUT2D eigenvalue weighted by molar-refractivity contribution is -0.117. The molecule has 206 valence electrons. The lowest BCUT2D eigenvalue weighted by Gasteiger charge is -2.24. The molecule has 1 unspecified atom stereocenters. The molecule has 0 saturated carbocycles. The predicted molar refractivity (Wildman–Crippen MR) is 155 cm³/mol. The molecule has 1 atom stereocenters. The van der Waals surface area contributed by atoms with Crippen molar-refractivity contribution in [3.05, 3.63) is 102 Å². The number of hydrogen-bond acceptors (Lipinski definition) is 9. The van der Waals surface area contributed by atoms with E-state index in [0.717, 1.165) is 4.70 Å². The van der Waals surface area contributed by atoms with Crippen LogP contribution < -0.4 is 19.1 Å². The number of anilines is 1. The standard InChI is InChI=1S/C31H24N2O7S/c1-4-13-39-20-9-5-7-17(14-20)26-25(27(34)23-15-18-8-6-10-22(38-3)29(18)40-23)28(35)30(36)33(26)31-32-21-12-11-19(37-2)16-24(21)41-31/h4-12,14-16,26,35H,1,13H2,2-3H3. The fraction of sp³-hybridized carbons (Fsp3) is 0.129. The van der Waals surface area contributed by atoms with Gasteiger partial charge in [-0.25, -0.2) is 4.98 Å². The number of amides is 1. The molecule has 1 amide bonds. The predicted octanol–water partition coefficient (Wildman–Crippen LogP) is 6.41. The average Bonchev–Trinajstić information content (AvgIpc) is 3.69. The minimum atomic E-state index is -1.01. The van der Waals surface area contributed by atoms with Crippen LogP contribution in [0.5, 0.6) is 17.2 Å². The molecule has 6 rings (SSSR count). The van der Waals surface area contributed by atoms with Gasteiger partial charge in [0.05, 0.1) is 36.1 Å². The van der Waals surface area contributed by atoms with Crippen molar-refractivity contribution in [2.24, 2.45) is 0 Å². The number of ether oxygens (including phenoxy) is 3. The number of aromatic nitrogens is 1. The number of aliphatic hydroxyl groups is 1. The van der Waals surface area contributed by atoms with Gasteiger partial charge in [0.15, 0.2) is 28.0 Å². The molecular formula is C31H24N2O7S. The minimum Gasteiger partial charge on any atom is -0.503 e. The van der Waals surface area contributed by atoms with Gasteiger partial charge in [-0.05, 0) is 48.0 Å². The van der Waals surface area contributed by atoms with Gasteiger partial charge in [0.25, 0.3) is 5.91 Å². The number of Topliss-reactive ketones (excluding diaryl/α,β-unsaturated/α-hetero) is 1. The van der Waals surface area contributed by atoms with Crippen LogP contribution in [0.15, 0.2) is 95.1 Å². The summed E-state index contributed by atoms with van der Waals surface area (Å²) in [6.07, 6.45) is 1.62. The fourth-order valence-electron chi connectivity index (χ4n) is 4.84. The molecule has 0 fully saturated rings. The number of furan rings is 1. The summed E-state index contributed by atoms with van der Waals surface area (Å²) in [6, 6.07) is 18.2. The Morgan fingerprint density at radius 2 is 1.93 bits per heavy atom. The van der Waals surface area contributed by atoms with Gasteiger partial charge in [-0.3, -0.25) is 14.5 Å². The Hall–Kier alpha value is -5.09. The Morgan fingerprint density at radius 3 is 2.71 bits per heavy atom. The third kappa shape index (κ3) is 4.48. The summed E-state index contributed by atoms with van der Waals surface area (Å²) in [5.41, 5.74) is 1.43. The maximum Gasteiger partial charge on any atom is 0.296 e. The molecule has 1 N–H and O–H groups in total. The molecule has 0 bridgehead atoms. The van der Waals surface area contributed by atoms with Crippen LogP contribution in [0.25, 0.3) is 21.2 Å². The zero-order valence-corrected chi connectivity index (χ0v) is 22.9. The number of ketones is 1. The number of carbonyl (C=O) groups excluding carboxylic acids is 2. The number of thiazole rings is 1. The maximum absolute atomic E-state index is 14.0. The summed E-state index contributed by atoms with van der Waals surface area (Å²) in [7, 11) is 3.07. The number of methoxy groups -OCH3 is 2. The summed E-state index contributed by atoms with van der Waals surface area (Å²) in [5, 5.41) is 12.2. The lowest BCUT2D eigenvalue weighted by atomic mass is 9.95. The topological polar surface area (TPSA) is 111 Å². The molecule has 0 radical (unpaired) electrons. The second-order valence-electron chi connectivity index (χ2n) is 9.16. The molecule has 0 spiro atoms. The third-order valence-corrected chi connectivity index (χ3v) is 7.75. The number of carbonyl (C=O) groups is 2. The lowest BCUT2D eigenvalue weighted by Crippen LogP contribution is -2.31. The third-order valence-electron chi connectivity index (χ3n) is 6.74. The van der Waals surface area contributed by atoms with Crippen LogP contribution in [0.2, 0.25) is 0 Å². The van der Waals surface area contributed by atoms with Crippen molar-refractivity contribution >= 4 is 49.3 Å². The van der Waals surface area contributed by atoms with E-state index in [4.69, 9.17) is 18.6 Å². The summed E-state index contributed by atoms with van der Waals surface area (Å²) in [6.45, 7) is 3.95. The van der Waals surface area contributed by atoms with E-state index in [0.29, 0.717) is 44.4 Å². The van der Waals surface area contributed by atoms with Crippen molar-refractivity contribution in [3.8, 4) is 17.2 Å². The van der Waals surface area contributed by atoms with Crippen LogP contribution in [-0.4, -0.2) is 42.6 Å². The first-order valence-corrected chi connectivity index (χ1v) is 13.4. The molecule has 41 heavy (non-hydrogen) atoms. The molecule has 9 nitrogen and oxygen atoms in total. The molecule has 3 heterocycles. The summed E-state index contributed by atoms with van der Waals surface area (Å²) in [4.78, 5) is 33.7. The smallest absolute Gasteiger partial charge is 0.296 e. The van der Waals surface area contributed by atoms with E-state index in [1.165, 1.54) is 23.3 Å². The molecular weight excluding hydrogens is 544 g/mol. The van der Waals surface area contributed by atoms with Gasteiger partial charge < -0.3 is 23.7 Å². The number of para-hydroxylation sites is 1. The first kappa shape index (κ1) is 26.1. The van der Waals surface area contributed by atoms with E-state index < -0.39 is 23.5 Å². The highest BCUT2D eigenvalue weighted by Crippen LogP contribution is 2.45. The van der Waals surface area contributed by atoms with E-state index in [2.05, 4.69) is 11.6 Å². The van der Waals surface area contributed by atoms with Crippen molar-refractivity contribution < 1.29 is 33.3 Å². The molecule has 0 saturated heterocycles. The number of benzene rings is 3. The Bertz CT molecular complexity index is 1870. The van der Waals surface area contributed by atoms with Gasteiger partial charge in [0.1, 0.15) is 18.1 Å². The maximum atomic E-state index is 14.0. The second-order valence-corrected chi connectivity index (χ2v) is 10.2. The van der Waals surface area contributed by atoms with E-state index in [-0.39, 0.29) is 17.9 Å². The van der Waals surface area contributed by atoms with E-state index in [1.54, 1.807) is 73.8 Å². The number of rotatable bonds is 9. The SMILES string of the molecule is C=CCOc1cccc(C2C(C(=O)c3cc4cccc(OC)c4o3)=C(O)C(=O)N2c2nc3ccc(OC)cc3s2)c1. The molecule has 1 aliphatic rings. The van der Waals surface area contributed by atoms with Crippen LogP contribution in [-0.2, 0) is 4.79 Å². The average molecular weight is 569 g/mol. The molecule has 2 aromatic heterocycles. The van der Waals surface area contributed by atoms with Gasteiger partial charge >= 0.3 is 0 Å². The zero-order chi connectivity index (χ0) is 28.7. The number of fused-ring (bicyclic) bond motifs is 2. The number of hydrogen-bond donors (Lipinski definition) is 1. The van der Waals surface area contributed by atoms with Gasteiger partial charge in [-0.2, -0.15) is 0 Å². The minimum absolute atomic E-state index is 0.0428. The van der Waals surface area contributed by atoms with Crippen molar-refractivity contribution in [2.45, 2.75) is 6.04 Å². The van der Waals surface area contributed by atoms with Gasteiger partial charge in [-0.15, -0.1) is 0 Å². The van der Waals surface area contributed by atoms with Crippen LogP contribution in [0.3, 0.4) is 0 Å². The Morgan fingerprint density at radius 1 is 1.10 bits per heavy atom. The summed E-state index contributed by atoms with van der Waals surface area (Å²) >= 11 is 1.25. The molecule has 5 aromatic rings. The van der Waals surface area contributed by atoms with Crippen LogP contribution in [0.1, 0.15) is 22.2 Å². The quantitative estimate of drug-likeness (QED) is 0.160. The van der Waals surface area contributed by atoms with E-state index in [9.17, 15) is 14.7 Å². The van der Waals surface area contributed by atoms with E-state index >= 15 is 0 Å². The highest BCUT2D eigenvalue weighted by atomic mass is 32.1. The highest BCUT2D eigenvalue weighted by Gasteiger charge is 2.46. The van der Waals surface area contributed by atoms with Crippen molar-refractivity contribution in [1.29, 1.82) is 0 Å². The number of aliphatic hydroxyl groups excluding tert-OH is 1. The number of nitrogens with zero attached hydrogens (tertiary/aromatic N) is 2.